The van der Waals surface area contributed by atoms with Gasteiger partial charge in [-0.15, -0.1) is 0 Å². The molecule has 0 saturated heterocycles. The summed E-state index contributed by atoms with van der Waals surface area (Å²) in [6, 6.07) is 0. The van der Waals surface area contributed by atoms with E-state index < -0.39 is 6.10 Å². The van der Waals surface area contributed by atoms with Gasteiger partial charge >= 0.3 is 11.9 Å². The number of ether oxygens (including phenoxy) is 2. The maximum atomic E-state index is 12.3. The number of hydrogen-bond donors (Lipinski definition) is 1. The predicted molar refractivity (Wildman–Crippen MR) is 306 cm³/mol. The standard InChI is InChI=1S/C65H116O5/c1-3-5-7-9-11-13-15-17-19-21-23-25-27-29-30-31-32-33-34-36-37-39-41-43-45-47-49-51-53-55-57-59-64(67)69-62-63(61-66)70-65(68)60-58-56-54-52-50-48-46-44-42-40-38-35-28-26-24-22-20-18-16-14-12-10-8-6-4-2/h6,8,12,14-15,17-18,20-21,23-24,26,63,66H,3-5,7,9-11,13,16,19,22,25,27-62H2,1-2H3/b8-6-,14-12-,17-15-,20-18-,23-21-,26-24-. The Balaban J connectivity index is 3.44. The largest absolute Gasteiger partial charge is 0.462 e. The van der Waals surface area contributed by atoms with E-state index in [2.05, 4.69) is 86.8 Å². The molecular formula is C65H116O5. The van der Waals surface area contributed by atoms with Crippen molar-refractivity contribution in [2.75, 3.05) is 13.2 Å². The fraction of sp³-hybridized carbons (Fsp3) is 0.785. The molecule has 0 fully saturated rings. The molecule has 0 rings (SSSR count). The lowest BCUT2D eigenvalue weighted by atomic mass is 10.0. The molecule has 1 atom stereocenters. The minimum Gasteiger partial charge on any atom is -0.462 e. The Hall–Kier alpha value is -2.66. The summed E-state index contributed by atoms with van der Waals surface area (Å²) in [6.07, 6.45) is 83.2. The highest BCUT2D eigenvalue weighted by Gasteiger charge is 2.16. The van der Waals surface area contributed by atoms with E-state index in [1.54, 1.807) is 0 Å². The van der Waals surface area contributed by atoms with Gasteiger partial charge in [-0.2, -0.15) is 0 Å². The Bertz CT molecular complexity index is 1240. The maximum Gasteiger partial charge on any atom is 0.306 e. The zero-order chi connectivity index (χ0) is 50.6. The first kappa shape index (κ1) is 67.3. The van der Waals surface area contributed by atoms with E-state index in [1.807, 2.05) is 0 Å². The number of carbonyl (C=O) groups is 2. The molecule has 0 aliphatic rings. The third-order valence-corrected chi connectivity index (χ3v) is 13.5. The third kappa shape index (κ3) is 57.9. The Kier molecular flexibility index (Phi) is 58.3. The van der Waals surface area contributed by atoms with Crippen molar-refractivity contribution in [3.63, 3.8) is 0 Å². The number of carbonyl (C=O) groups excluding carboxylic acids is 2. The zero-order valence-electron chi connectivity index (χ0n) is 46.5. The predicted octanol–water partition coefficient (Wildman–Crippen LogP) is 20.8. The van der Waals surface area contributed by atoms with E-state index in [9.17, 15) is 14.7 Å². The average Bonchev–Trinajstić information content (AvgIpc) is 3.36. The van der Waals surface area contributed by atoms with Crippen LogP contribution in [0, 0.1) is 0 Å². The molecule has 0 radical (unpaired) electrons. The van der Waals surface area contributed by atoms with Crippen LogP contribution in [0.3, 0.4) is 0 Å². The van der Waals surface area contributed by atoms with Crippen molar-refractivity contribution in [3.8, 4) is 0 Å². The van der Waals surface area contributed by atoms with Crippen LogP contribution in [0.5, 0.6) is 0 Å². The number of rotatable bonds is 56. The highest BCUT2D eigenvalue weighted by molar-refractivity contribution is 5.70. The van der Waals surface area contributed by atoms with Gasteiger partial charge in [-0.1, -0.05) is 286 Å². The van der Waals surface area contributed by atoms with Crippen molar-refractivity contribution in [1.29, 1.82) is 0 Å². The van der Waals surface area contributed by atoms with Crippen LogP contribution in [0.25, 0.3) is 0 Å². The topological polar surface area (TPSA) is 72.8 Å². The molecule has 0 heterocycles. The molecule has 70 heavy (non-hydrogen) atoms. The number of unbranched alkanes of at least 4 members (excludes halogenated alkanes) is 36. The second-order valence-corrected chi connectivity index (χ2v) is 20.4. The first-order valence-electron chi connectivity index (χ1n) is 30.5. The molecule has 0 bridgehead atoms. The molecule has 1 unspecified atom stereocenters. The minimum absolute atomic E-state index is 0.0656. The number of aliphatic hydroxyl groups is 1. The molecule has 0 aliphatic heterocycles. The van der Waals surface area contributed by atoms with E-state index in [0.29, 0.717) is 12.8 Å². The molecule has 0 aromatic heterocycles. The van der Waals surface area contributed by atoms with Gasteiger partial charge < -0.3 is 14.6 Å². The lowest BCUT2D eigenvalue weighted by Gasteiger charge is -2.15. The molecule has 0 aliphatic carbocycles. The first-order chi connectivity index (χ1) is 34.6. The van der Waals surface area contributed by atoms with Crippen LogP contribution in [-0.2, 0) is 19.1 Å². The maximum absolute atomic E-state index is 12.3. The molecule has 0 aromatic rings. The molecule has 0 spiro atoms. The van der Waals surface area contributed by atoms with Gasteiger partial charge in [0.1, 0.15) is 6.61 Å². The van der Waals surface area contributed by atoms with E-state index in [4.69, 9.17) is 9.47 Å². The Morgan fingerprint density at radius 3 is 0.929 bits per heavy atom. The summed E-state index contributed by atoms with van der Waals surface area (Å²) in [5, 5.41) is 9.67. The van der Waals surface area contributed by atoms with Gasteiger partial charge in [0, 0.05) is 12.8 Å². The van der Waals surface area contributed by atoms with Crippen LogP contribution in [0.2, 0.25) is 0 Å². The Morgan fingerprint density at radius 2 is 0.614 bits per heavy atom. The number of esters is 2. The third-order valence-electron chi connectivity index (χ3n) is 13.5. The van der Waals surface area contributed by atoms with Gasteiger partial charge in [-0.3, -0.25) is 9.59 Å². The minimum atomic E-state index is -0.775. The quantitative estimate of drug-likeness (QED) is 0.0373. The van der Waals surface area contributed by atoms with Gasteiger partial charge in [0.05, 0.1) is 6.61 Å². The second-order valence-electron chi connectivity index (χ2n) is 20.4. The Morgan fingerprint density at radius 1 is 0.343 bits per heavy atom. The summed E-state index contributed by atoms with van der Waals surface area (Å²) in [5.41, 5.74) is 0. The van der Waals surface area contributed by atoms with Crippen LogP contribution in [0.15, 0.2) is 72.9 Å². The van der Waals surface area contributed by atoms with E-state index >= 15 is 0 Å². The monoisotopic (exact) mass is 977 g/mol. The fourth-order valence-electron chi connectivity index (χ4n) is 8.93. The molecule has 0 amide bonds. The van der Waals surface area contributed by atoms with Crippen molar-refractivity contribution >= 4 is 11.9 Å². The van der Waals surface area contributed by atoms with Crippen LogP contribution >= 0.6 is 0 Å². The highest BCUT2D eigenvalue weighted by atomic mass is 16.6. The fourth-order valence-corrected chi connectivity index (χ4v) is 8.93. The SMILES string of the molecule is CC/C=C\C/C=C\C/C=C\C/C=C\CCCCCCCCCCCCCCC(=O)OC(CO)COC(=O)CCCCCCCCCCCCCCCCCCCCC/C=C\C/C=C\CCCCCCC. The van der Waals surface area contributed by atoms with Crippen molar-refractivity contribution in [2.24, 2.45) is 0 Å². The van der Waals surface area contributed by atoms with Crippen molar-refractivity contribution < 1.29 is 24.2 Å². The molecule has 0 aromatic carbocycles. The zero-order valence-corrected chi connectivity index (χ0v) is 46.5. The lowest BCUT2D eigenvalue weighted by molar-refractivity contribution is -0.161. The van der Waals surface area contributed by atoms with E-state index in [1.165, 1.54) is 212 Å². The highest BCUT2D eigenvalue weighted by Crippen LogP contribution is 2.17. The summed E-state index contributed by atoms with van der Waals surface area (Å²) < 4.78 is 10.7. The van der Waals surface area contributed by atoms with Crippen molar-refractivity contribution in [1.82, 2.24) is 0 Å². The summed E-state index contributed by atoms with van der Waals surface area (Å²) in [4.78, 5) is 24.6. The number of aliphatic hydroxyl groups excluding tert-OH is 1. The normalized spacial score (nSPS) is 12.7. The number of allylic oxidation sites excluding steroid dienone is 12. The molecule has 1 N–H and O–H groups in total. The van der Waals surface area contributed by atoms with Crippen LogP contribution in [0.4, 0.5) is 0 Å². The van der Waals surface area contributed by atoms with Gasteiger partial charge in [-0.25, -0.2) is 0 Å². The molecular weight excluding hydrogens is 861 g/mol. The molecule has 406 valence electrons. The second kappa shape index (κ2) is 60.6. The van der Waals surface area contributed by atoms with E-state index in [-0.39, 0.29) is 25.2 Å². The van der Waals surface area contributed by atoms with Crippen LogP contribution in [-0.4, -0.2) is 36.4 Å². The lowest BCUT2D eigenvalue weighted by Crippen LogP contribution is -2.28. The smallest absolute Gasteiger partial charge is 0.306 e. The van der Waals surface area contributed by atoms with Gasteiger partial charge in [0.2, 0.25) is 0 Å². The summed E-state index contributed by atoms with van der Waals surface area (Å²) in [5.74, 6) is -0.581. The number of hydrogen-bond acceptors (Lipinski definition) is 5. The molecule has 0 saturated carbocycles. The van der Waals surface area contributed by atoms with Gasteiger partial charge in [0.15, 0.2) is 6.10 Å². The van der Waals surface area contributed by atoms with Crippen LogP contribution in [0.1, 0.15) is 309 Å². The van der Waals surface area contributed by atoms with Crippen LogP contribution < -0.4 is 0 Å². The Labute approximate surface area is 435 Å². The summed E-state index contributed by atoms with van der Waals surface area (Å²) in [6.45, 7) is 4.05. The first-order valence-corrected chi connectivity index (χ1v) is 30.5. The summed E-state index contributed by atoms with van der Waals surface area (Å²) >= 11 is 0. The summed E-state index contributed by atoms with van der Waals surface area (Å²) in [7, 11) is 0. The molecule has 5 heteroatoms. The van der Waals surface area contributed by atoms with Gasteiger partial charge in [-0.05, 0) is 83.5 Å². The van der Waals surface area contributed by atoms with Crippen molar-refractivity contribution in [3.05, 3.63) is 72.9 Å². The van der Waals surface area contributed by atoms with Gasteiger partial charge in [0.25, 0.3) is 0 Å². The van der Waals surface area contributed by atoms with E-state index in [0.717, 1.165) is 70.6 Å². The average molecular weight is 978 g/mol. The molecule has 5 nitrogen and oxygen atoms in total. The van der Waals surface area contributed by atoms with Crippen molar-refractivity contribution in [2.45, 2.75) is 315 Å².